The summed E-state index contributed by atoms with van der Waals surface area (Å²) in [5.74, 6) is 1.49. The zero-order valence-electron chi connectivity index (χ0n) is 8.24. The van der Waals surface area contributed by atoms with E-state index in [1.54, 1.807) is 0 Å². The summed E-state index contributed by atoms with van der Waals surface area (Å²) in [6.07, 6.45) is 10.3. The van der Waals surface area contributed by atoms with Gasteiger partial charge in [0, 0.05) is 0 Å². The van der Waals surface area contributed by atoms with Crippen molar-refractivity contribution in [2.45, 2.75) is 57.4 Å². The van der Waals surface area contributed by atoms with Crippen LogP contribution in [0.3, 0.4) is 0 Å². The lowest BCUT2D eigenvalue weighted by molar-refractivity contribution is 0.266. The smallest absolute Gasteiger partial charge is 0.0950 e. The molecular weight excluding hydrogens is 162 g/mol. The molecule has 0 aromatic rings. The second-order valence-corrected chi connectivity index (χ2v) is 4.67. The summed E-state index contributed by atoms with van der Waals surface area (Å²) in [5, 5.41) is 3.34. The molecule has 0 heterocycles. The molecule has 0 aromatic carbocycles. The van der Waals surface area contributed by atoms with Crippen molar-refractivity contribution in [1.29, 1.82) is 0 Å². The minimum absolute atomic E-state index is 0.160. The molecule has 13 heavy (non-hydrogen) atoms. The summed E-state index contributed by atoms with van der Waals surface area (Å²) < 4.78 is 0. The van der Waals surface area contributed by atoms with Gasteiger partial charge in [-0.3, -0.25) is 0 Å². The molecule has 0 N–H and O–H groups in total. The third kappa shape index (κ3) is 1.92. The predicted octanol–water partition coefficient (Wildman–Crippen LogP) is 3.50. The standard InChI is InChI=1S/C11H19NO/c13-12-11-8-3-1-2-5-9-6-4-7-10(9)11/h9-11H,1-8H2. The molecule has 0 aromatic heterocycles. The van der Waals surface area contributed by atoms with Gasteiger partial charge in [-0.05, 0) is 24.7 Å². The Balaban J connectivity index is 2.03. The van der Waals surface area contributed by atoms with Crippen LogP contribution in [0.2, 0.25) is 0 Å². The number of fused-ring (bicyclic) bond motifs is 1. The normalized spacial score (nSPS) is 40.5. The second kappa shape index (κ2) is 4.21. The van der Waals surface area contributed by atoms with Crippen LogP contribution in [0.5, 0.6) is 0 Å². The molecule has 0 amide bonds. The number of hydrogen-bond donors (Lipinski definition) is 0. The molecule has 2 aliphatic rings. The summed E-state index contributed by atoms with van der Waals surface area (Å²) in [6.45, 7) is 0. The molecule has 3 atom stereocenters. The molecule has 3 unspecified atom stereocenters. The van der Waals surface area contributed by atoms with Crippen LogP contribution < -0.4 is 0 Å². The molecule has 0 radical (unpaired) electrons. The van der Waals surface area contributed by atoms with E-state index in [0.29, 0.717) is 5.92 Å². The molecule has 0 saturated heterocycles. The van der Waals surface area contributed by atoms with Crippen molar-refractivity contribution >= 4 is 0 Å². The molecule has 0 aliphatic heterocycles. The van der Waals surface area contributed by atoms with E-state index in [-0.39, 0.29) is 6.04 Å². The lowest BCUT2D eigenvalue weighted by Gasteiger charge is -2.26. The Kier molecular flexibility index (Phi) is 2.97. The highest BCUT2D eigenvalue weighted by Crippen LogP contribution is 2.41. The largest absolute Gasteiger partial charge is 0.151 e. The summed E-state index contributed by atoms with van der Waals surface area (Å²) in [7, 11) is 0. The van der Waals surface area contributed by atoms with Gasteiger partial charge in [0.15, 0.2) is 0 Å². The molecule has 2 aliphatic carbocycles. The van der Waals surface area contributed by atoms with E-state index in [0.717, 1.165) is 12.3 Å². The molecule has 2 heteroatoms. The molecule has 2 fully saturated rings. The van der Waals surface area contributed by atoms with Gasteiger partial charge in [-0.25, -0.2) is 0 Å². The van der Waals surface area contributed by atoms with Crippen molar-refractivity contribution in [2.75, 3.05) is 0 Å². The number of nitrogens with zero attached hydrogens (tertiary/aromatic N) is 1. The van der Waals surface area contributed by atoms with E-state index < -0.39 is 0 Å². The number of hydrogen-bond acceptors (Lipinski definition) is 2. The van der Waals surface area contributed by atoms with Crippen LogP contribution in [0.25, 0.3) is 0 Å². The van der Waals surface area contributed by atoms with Crippen LogP contribution >= 0.6 is 0 Å². The second-order valence-electron chi connectivity index (χ2n) is 4.67. The number of nitroso groups, excluding NO2 is 1. The molecular formula is C11H19NO. The van der Waals surface area contributed by atoms with Gasteiger partial charge in [0.1, 0.15) is 0 Å². The summed E-state index contributed by atoms with van der Waals surface area (Å²) in [6, 6.07) is 0.160. The van der Waals surface area contributed by atoms with Gasteiger partial charge < -0.3 is 0 Å². The van der Waals surface area contributed by atoms with Crippen LogP contribution in [0.15, 0.2) is 5.18 Å². The van der Waals surface area contributed by atoms with Crippen LogP contribution in [0.1, 0.15) is 51.4 Å². The minimum atomic E-state index is 0.160. The van der Waals surface area contributed by atoms with Crippen molar-refractivity contribution in [1.82, 2.24) is 0 Å². The lowest BCUT2D eigenvalue weighted by Crippen LogP contribution is -2.23. The topological polar surface area (TPSA) is 29.4 Å². The molecule has 2 saturated carbocycles. The van der Waals surface area contributed by atoms with Crippen molar-refractivity contribution in [2.24, 2.45) is 17.0 Å². The first-order valence-electron chi connectivity index (χ1n) is 5.74. The van der Waals surface area contributed by atoms with Gasteiger partial charge in [-0.1, -0.05) is 43.7 Å². The van der Waals surface area contributed by atoms with Gasteiger partial charge in [0.2, 0.25) is 0 Å². The first-order valence-corrected chi connectivity index (χ1v) is 5.74. The Morgan fingerprint density at radius 3 is 2.46 bits per heavy atom. The molecule has 2 rings (SSSR count). The Labute approximate surface area is 80.1 Å². The van der Waals surface area contributed by atoms with Crippen LogP contribution in [0.4, 0.5) is 0 Å². The van der Waals surface area contributed by atoms with Crippen molar-refractivity contribution in [3.05, 3.63) is 4.91 Å². The van der Waals surface area contributed by atoms with E-state index >= 15 is 0 Å². The molecule has 74 valence electrons. The Morgan fingerprint density at radius 1 is 0.846 bits per heavy atom. The van der Waals surface area contributed by atoms with Gasteiger partial charge >= 0.3 is 0 Å². The third-order valence-electron chi connectivity index (χ3n) is 3.92. The van der Waals surface area contributed by atoms with E-state index in [1.165, 1.54) is 44.9 Å². The van der Waals surface area contributed by atoms with E-state index in [9.17, 15) is 4.91 Å². The highest BCUT2D eigenvalue weighted by molar-refractivity contribution is 4.87. The van der Waals surface area contributed by atoms with Gasteiger partial charge in [-0.2, -0.15) is 4.91 Å². The average molecular weight is 181 g/mol. The van der Waals surface area contributed by atoms with E-state index in [4.69, 9.17) is 0 Å². The van der Waals surface area contributed by atoms with Crippen molar-refractivity contribution < 1.29 is 0 Å². The number of rotatable bonds is 1. The minimum Gasteiger partial charge on any atom is -0.151 e. The summed E-state index contributed by atoms with van der Waals surface area (Å²) in [4.78, 5) is 10.7. The maximum atomic E-state index is 10.7. The van der Waals surface area contributed by atoms with Gasteiger partial charge in [-0.15, -0.1) is 0 Å². The maximum absolute atomic E-state index is 10.7. The lowest BCUT2D eigenvalue weighted by atomic mass is 9.81. The predicted molar refractivity (Wildman–Crippen MR) is 53.5 cm³/mol. The SMILES string of the molecule is O=NC1CCCCCC2CCCC21. The molecule has 2 nitrogen and oxygen atoms in total. The molecule has 0 bridgehead atoms. The third-order valence-corrected chi connectivity index (χ3v) is 3.92. The van der Waals surface area contributed by atoms with E-state index in [2.05, 4.69) is 5.18 Å². The average Bonchev–Trinajstić information content (AvgIpc) is 2.53. The molecule has 0 spiro atoms. The summed E-state index contributed by atoms with van der Waals surface area (Å²) in [5.41, 5.74) is 0. The van der Waals surface area contributed by atoms with Crippen LogP contribution in [-0.2, 0) is 0 Å². The fourth-order valence-corrected chi connectivity index (χ4v) is 3.21. The van der Waals surface area contributed by atoms with Crippen LogP contribution in [-0.4, -0.2) is 6.04 Å². The first-order chi connectivity index (χ1) is 6.42. The fraction of sp³-hybridized carbons (Fsp3) is 1.00. The zero-order chi connectivity index (χ0) is 9.10. The zero-order valence-corrected chi connectivity index (χ0v) is 8.24. The monoisotopic (exact) mass is 181 g/mol. The Hall–Kier alpha value is -0.400. The first kappa shape index (κ1) is 9.17. The van der Waals surface area contributed by atoms with Crippen molar-refractivity contribution in [3.63, 3.8) is 0 Å². The Morgan fingerprint density at radius 2 is 1.62 bits per heavy atom. The Bertz CT molecular complexity index is 181. The fourth-order valence-electron chi connectivity index (χ4n) is 3.21. The summed E-state index contributed by atoms with van der Waals surface area (Å²) >= 11 is 0. The van der Waals surface area contributed by atoms with E-state index in [1.807, 2.05) is 0 Å². The highest BCUT2D eigenvalue weighted by atomic mass is 16.3. The quantitative estimate of drug-likeness (QED) is 0.569. The maximum Gasteiger partial charge on any atom is 0.0950 e. The van der Waals surface area contributed by atoms with Gasteiger partial charge in [0.05, 0.1) is 6.04 Å². The van der Waals surface area contributed by atoms with Gasteiger partial charge in [0.25, 0.3) is 0 Å². The van der Waals surface area contributed by atoms with Crippen LogP contribution in [0, 0.1) is 16.7 Å². The highest BCUT2D eigenvalue weighted by Gasteiger charge is 2.34. The van der Waals surface area contributed by atoms with Crippen molar-refractivity contribution in [3.8, 4) is 0 Å².